The summed E-state index contributed by atoms with van der Waals surface area (Å²) in [5.41, 5.74) is 0.376. The van der Waals surface area contributed by atoms with Gasteiger partial charge in [-0.2, -0.15) is 10.4 Å². The fraction of sp³-hybridized carbons (Fsp3) is 0.444. The minimum Gasteiger partial charge on any atom is -0.308 e. The number of nitrogens with one attached hydrogen (secondary N) is 1. The van der Waals surface area contributed by atoms with E-state index in [1.807, 2.05) is 6.07 Å². The Kier molecular flexibility index (Phi) is 2.87. The smallest absolute Gasteiger partial charge is 0.228 e. The van der Waals surface area contributed by atoms with Crippen molar-refractivity contribution < 1.29 is 4.79 Å². The Morgan fingerprint density at radius 2 is 2.36 bits per heavy atom. The normalized spacial score (nSPS) is 9.93. The summed E-state index contributed by atoms with van der Waals surface area (Å²) in [7, 11) is 1.70. The number of aryl methyl sites for hydroxylation is 1. The molecular weight excluding hydrogens is 180 g/mol. The molecule has 1 aromatic rings. The van der Waals surface area contributed by atoms with Crippen molar-refractivity contribution in [2.24, 2.45) is 13.0 Å². The summed E-state index contributed by atoms with van der Waals surface area (Å²) >= 11 is 0. The number of amides is 1. The number of carbonyl (C=O) groups is 1. The summed E-state index contributed by atoms with van der Waals surface area (Å²) < 4.78 is 1.49. The molecule has 0 aliphatic rings. The zero-order valence-electron chi connectivity index (χ0n) is 8.40. The average molecular weight is 192 g/mol. The molecule has 0 aliphatic heterocycles. The third-order valence-electron chi connectivity index (χ3n) is 1.72. The van der Waals surface area contributed by atoms with Crippen molar-refractivity contribution in [3.8, 4) is 6.07 Å². The standard InChI is InChI=1S/C9H12N4O/c1-6(2)9(14)11-8-7(4-10)5-13(3)12-8/h5-6H,1-3H3,(H,11,12,14). The van der Waals surface area contributed by atoms with Crippen molar-refractivity contribution in [2.45, 2.75) is 13.8 Å². The van der Waals surface area contributed by atoms with Gasteiger partial charge in [-0.3, -0.25) is 9.48 Å². The van der Waals surface area contributed by atoms with Crippen molar-refractivity contribution in [3.05, 3.63) is 11.8 Å². The predicted molar refractivity (Wildman–Crippen MR) is 51.4 cm³/mol. The number of rotatable bonds is 2. The van der Waals surface area contributed by atoms with E-state index in [0.29, 0.717) is 11.4 Å². The van der Waals surface area contributed by atoms with Crippen LogP contribution in [0.5, 0.6) is 0 Å². The zero-order chi connectivity index (χ0) is 10.7. The van der Waals surface area contributed by atoms with E-state index in [-0.39, 0.29) is 11.8 Å². The molecule has 74 valence electrons. The first-order valence-electron chi connectivity index (χ1n) is 4.29. The van der Waals surface area contributed by atoms with E-state index in [2.05, 4.69) is 10.4 Å². The number of aromatic nitrogens is 2. The molecule has 14 heavy (non-hydrogen) atoms. The zero-order valence-corrected chi connectivity index (χ0v) is 8.40. The van der Waals surface area contributed by atoms with E-state index in [1.54, 1.807) is 27.1 Å². The van der Waals surface area contributed by atoms with Crippen LogP contribution < -0.4 is 5.32 Å². The van der Waals surface area contributed by atoms with Crippen molar-refractivity contribution in [1.29, 1.82) is 5.26 Å². The van der Waals surface area contributed by atoms with Crippen LogP contribution in [-0.2, 0) is 11.8 Å². The van der Waals surface area contributed by atoms with Crippen molar-refractivity contribution in [1.82, 2.24) is 9.78 Å². The Balaban J connectivity index is 2.87. The van der Waals surface area contributed by atoms with Crippen molar-refractivity contribution >= 4 is 11.7 Å². The number of anilines is 1. The summed E-state index contributed by atoms with van der Waals surface area (Å²) in [5, 5.41) is 15.3. The molecule has 5 heteroatoms. The Labute approximate surface area is 82.3 Å². The molecule has 1 rings (SSSR count). The van der Waals surface area contributed by atoms with E-state index in [0.717, 1.165) is 0 Å². The Morgan fingerprint density at radius 1 is 1.71 bits per heavy atom. The Morgan fingerprint density at radius 3 is 2.86 bits per heavy atom. The lowest BCUT2D eigenvalue weighted by atomic mass is 10.2. The summed E-state index contributed by atoms with van der Waals surface area (Å²) in [4.78, 5) is 11.3. The van der Waals surface area contributed by atoms with Crippen LogP contribution in [0.15, 0.2) is 6.20 Å². The number of hydrogen-bond donors (Lipinski definition) is 1. The fourth-order valence-corrected chi connectivity index (χ4v) is 0.924. The van der Waals surface area contributed by atoms with E-state index in [9.17, 15) is 4.79 Å². The fourth-order valence-electron chi connectivity index (χ4n) is 0.924. The van der Waals surface area contributed by atoms with E-state index in [4.69, 9.17) is 5.26 Å². The van der Waals surface area contributed by atoms with E-state index >= 15 is 0 Å². The van der Waals surface area contributed by atoms with E-state index in [1.165, 1.54) is 4.68 Å². The van der Waals surface area contributed by atoms with Gasteiger partial charge in [0.25, 0.3) is 0 Å². The highest BCUT2D eigenvalue weighted by molar-refractivity contribution is 5.92. The van der Waals surface area contributed by atoms with Crippen LogP contribution >= 0.6 is 0 Å². The molecule has 0 fully saturated rings. The lowest BCUT2D eigenvalue weighted by molar-refractivity contribution is -0.118. The maximum atomic E-state index is 11.3. The Bertz CT molecular complexity index is 386. The van der Waals surface area contributed by atoms with Crippen molar-refractivity contribution in [2.75, 3.05) is 5.32 Å². The summed E-state index contributed by atoms with van der Waals surface area (Å²) in [5.74, 6) is 0.0671. The first-order valence-corrected chi connectivity index (χ1v) is 4.29. The molecule has 1 amide bonds. The highest BCUT2D eigenvalue weighted by Gasteiger charge is 2.12. The van der Waals surface area contributed by atoms with Gasteiger partial charge in [0.2, 0.25) is 5.91 Å². The SMILES string of the molecule is CC(C)C(=O)Nc1nn(C)cc1C#N. The van der Waals surface area contributed by atoms with Gasteiger partial charge in [-0.15, -0.1) is 0 Å². The second-order valence-corrected chi connectivity index (χ2v) is 3.32. The van der Waals surface area contributed by atoms with Gasteiger partial charge < -0.3 is 5.32 Å². The minimum atomic E-state index is -0.139. The lowest BCUT2D eigenvalue weighted by Crippen LogP contribution is -2.18. The third-order valence-corrected chi connectivity index (χ3v) is 1.72. The highest BCUT2D eigenvalue weighted by atomic mass is 16.1. The molecule has 0 aromatic carbocycles. The molecule has 0 radical (unpaired) electrons. The van der Waals surface area contributed by atoms with Gasteiger partial charge in [0.1, 0.15) is 11.6 Å². The average Bonchev–Trinajstić information content (AvgIpc) is 2.45. The molecule has 0 saturated carbocycles. The maximum absolute atomic E-state index is 11.3. The molecule has 0 aliphatic carbocycles. The lowest BCUT2D eigenvalue weighted by Gasteiger charge is -2.04. The number of nitriles is 1. The summed E-state index contributed by atoms with van der Waals surface area (Å²) in [6, 6.07) is 1.96. The molecule has 1 heterocycles. The summed E-state index contributed by atoms with van der Waals surface area (Å²) in [6.45, 7) is 3.56. The molecule has 1 N–H and O–H groups in total. The molecule has 0 spiro atoms. The molecule has 0 unspecified atom stereocenters. The molecule has 1 aromatic heterocycles. The number of hydrogen-bond acceptors (Lipinski definition) is 3. The van der Waals surface area contributed by atoms with Gasteiger partial charge in [-0.05, 0) is 0 Å². The van der Waals surface area contributed by atoms with E-state index < -0.39 is 0 Å². The van der Waals surface area contributed by atoms with Gasteiger partial charge in [0.15, 0.2) is 5.82 Å². The quantitative estimate of drug-likeness (QED) is 0.756. The van der Waals surface area contributed by atoms with Crippen LogP contribution in [0, 0.1) is 17.2 Å². The van der Waals surface area contributed by atoms with Gasteiger partial charge >= 0.3 is 0 Å². The topological polar surface area (TPSA) is 70.7 Å². The highest BCUT2D eigenvalue weighted by Crippen LogP contribution is 2.11. The van der Waals surface area contributed by atoms with Crippen LogP contribution in [0.3, 0.4) is 0 Å². The predicted octanol–water partition coefficient (Wildman–Crippen LogP) is 0.886. The van der Waals surface area contributed by atoms with Crippen LogP contribution in [0.25, 0.3) is 0 Å². The van der Waals surface area contributed by atoms with Gasteiger partial charge in [0, 0.05) is 19.2 Å². The molecule has 0 bridgehead atoms. The minimum absolute atomic E-state index is 0.122. The molecular formula is C9H12N4O. The third kappa shape index (κ3) is 2.10. The van der Waals surface area contributed by atoms with Crippen molar-refractivity contribution in [3.63, 3.8) is 0 Å². The molecule has 0 saturated heterocycles. The van der Waals surface area contributed by atoms with Crippen LogP contribution in [0.2, 0.25) is 0 Å². The molecule has 5 nitrogen and oxygen atoms in total. The van der Waals surface area contributed by atoms with Crippen LogP contribution in [-0.4, -0.2) is 15.7 Å². The largest absolute Gasteiger partial charge is 0.308 e. The number of nitrogens with zero attached hydrogens (tertiary/aromatic N) is 3. The van der Waals surface area contributed by atoms with Gasteiger partial charge in [-0.1, -0.05) is 13.8 Å². The van der Waals surface area contributed by atoms with Gasteiger partial charge in [0.05, 0.1) is 0 Å². The molecule has 0 atom stereocenters. The first kappa shape index (κ1) is 10.3. The second-order valence-electron chi connectivity index (χ2n) is 3.32. The monoisotopic (exact) mass is 192 g/mol. The van der Waals surface area contributed by atoms with Gasteiger partial charge in [-0.25, -0.2) is 0 Å². The number of carbonyl (C=O) groups excluding carboxylic acids is 1. The maximum Gasteiger partial charge on any atom is 0.228 e. The first-order chi connectivity index (χ1) is 6.54. The van der Waals surface area contributed by atoms with Crippen LogP contribution in [0.1, 0.15) is 19.4 Å². The second kappa shape index (κ2) is 3.92. The Hall–Kier alpha value is -1.83. The van der Waals surface area contributed by atoms with Crippen LogP contribution in [0.4, 0.5) is 5.82 Å². The summed E-state index contributed by atoms with van der Waals surface area (Å²) in [6.07, 6.45) is 1.57.